The van der Waals surface area contributed by atoms with Crippen LogP contribution in [0.3, 0.4) is 0 Å². The van der Waals surface area contributed by atoms with Gasteiger partial charge in [0.05, 0.1) is 10.6 Å². The van der Waals surface area contributed by atoms with E-state index in [4.69, 9.17) is 4.74 Å². The minimum absolute atomic E-state index is 0.0668. The Balaban J connectivity index is 1.84. The molecule has 1 aliphatic rings. The van der Waals surface area contributed by atoms with E-state index in [1.807, 2.05) is 6.92 Å². The molecule has 1 heterocycles. The first-order valence-corrected chi connectivity index (χ1v) is 10.7. The number of amides is 2. The van der Waals surface area contributed by atoms with Crippen LogP contribution < -0.4 is 0 Å². The molecule has 1 aromatic rings. The quantitative estimate of drug-likeness (QED) is 0.779. The van der Waals surface area contributed by atoms with Crippen LogP contribution in [0.1, 0.15) is 32.8 Å². The van der Waals surface area contributed by atoms with Crippen molar-refractivity contribution in [2.24, 2.45) is 0 Å². The summed E-state index contributed by atoms with van der Waals surface area (Å²) in [4.78, 5) is 27.8. The van der Waals surface area contributed by atoms with Crippen LogP contribution in [0.15, 0.2) is 29.2 Å². The zero-order chi connectivity index (χ0) is 20.2. The van der Waals surface area contributed by atoms with Crippen LogP contribution in [0.2, 0.25) is 0 Å². The molecule has 0 N–H and O–H groups in total. The van der Waals surface area contributed by atoms with E-state index < -0.39 is 21.5 Å². The fourth-order valence-electron chi connectivity index (χ4n) is 2.71. The number of benzene rings is 1. The fraction of sp³-hybridized carbons (Fsp3) is 0.579. The molecular formula is C19H28N2O5S. The van der Waals surface area contributed by atoms with Gasteiger partial charge in [0.15, 0.2) is 9.84 Å². The van der Waals surface area contributed by atoms with Crippen molar-refractivity contribution in [3.8, 4) is 0 Å². The summed E-state index contributed by atoms with van der Waals surface area (Å²) >= 11 is 0. The first kappa shape index (κ1) is 21.2. The molecule has 2 amide bonds. The Hall–Kier alpha value is -2.09. The number of carbonyl (C=O) groups excluding carboxylic acids is 2. The van der Waals surface area contributed by atoms with Crippen LogP contribution in [-0.2, 0) is 19.4 Å². The second kappa shape index (κ2) is 8.29. The summed E-state index contributed by atoms with van der Waals surface area (Å²) in [5.74, 6) is -0.434. The van der Waals surface area contributed by atoms with Crippen molar-refractivity contribution >= 4 is 21.8 Å². The maximum atomic E-state index is 12.4. The van der Waals surface area contributed by atoms with Crippen molar-refractivity contribution in [2.75, 3.05) is 31.9 Å². The van der Waals surface area contributed by atoms with Gasteiger partial charge in [0.1, 0.15) is 5.60 Å². The Morgan fingerprint density at radius 2 is 1.52 bits per heavy atom. The van der Waals surface area contributed by atoms with Gasteiger partial charge >= 0.3 is 6.09 Å². The van der Waals surface area contributed by atoms with Crippen molar-refractivity contribution in [1.82, 2.24) is 9.80 Å². The number of ether oxygens (including phenoxy) is 1. The number of aryl methyl sites for hydroxylation is 1. The van der Waals surface area contributed by atoms with Gasteiger partial charge in [-0.25, -0.2) is 13.2 Å². The number of nitrogens with zero attached hydrogens (tertiary/aromatic N) is 2. The van der Waals surface area contributed by atoms with Crippen molar-refractivity contribution in [3.63, 3.8) is 0 Å². The van der Waals surface area contributed by atoms with Gasteiger partial charge in [-0.1, -0.05) is 17.7 Å². The molecule has 1 aliphatic heterocycles. The van der Waals surface area contributed by atoms with Crippen LogP contribution in [0, 0.1) is 6.92 Å². The van der Waals surface area contributed by atoms with Gasteiger partial charge in [-0.05, 0) is 39.8 Å². The lowest BCUT2D eigenvalue weighted by Crippen LogP contribution is -2.51. The molecule has 150 valence electrons. The number of carbonyl (C=O) groups is 2. The van der Waals surface area contributed by atoms with Crippen LogP contribution in [-0.4, -0.2) is 67.8 Å². The maximum absolute atomic E-state index is 12.4. The van der Waals surface area contributed by atoms with Gasteiger partial charge in [-0.15, -0.1) is 0 Å². The van der Waals surface area contributed by atoms with E-state index in [1.54, 1.807) is 54.8 Å². The van der Waals surface area contributed by atoms with E-state index in [9.17, 15) is 18.0 Å². The summed E-state index contributed by atoms with van der Waals surface area (Å²) < 4.78 is 30.1. The Bertz CT molecular complexity index is 773. The first-order chi connectivity index (χ1) is 12.5. The summed E-state index contributed by atoms with van der Waals surface area (Å²) in [6.07, 6.45) is -0.459. The third kappa shape index (κ3) is 6.23. The monoisotopic (exact) mass is 396 g/mol. The smallest absolute Gasteiger partial charge is 0.410 e. The molecule has 27 heavy (non-hydrogen) atoms. The number of piperazine rings is 1. The van der Waals surface area contributed by atoms with Gasteiger partial charge in [-0.2, -0.15) is 0 Å². The van der Waals surface area contributed by atoms with Gasteiger partial charge in [0.2, 0.25) is 5.91 Å². The third-order valence-electron chi connectivity index (χ3n) is 4.25. The molecular weight excluding hydrogens is 368 g/mol. The minimum atomic E-state index is -3.49. The van der Waals surface area contributed by atoms with E-state index in [1.165, 1.54) is 0 Å². The standard InChI is InChI=1S/C19H28N2O5S/c1-15-5-7-16(8-6-15)27(24,25)14-9-17(22)20-10-12-21(13-11-20)18(23)26-19(2,3)4/h5-8H,9-14H2,1-4H3. The molecule has 8 heteroatoms. The Morgan fingerprint density at radius 3 is 2.04 bits per heavy atom. The summed E-state index contributed by atoms with van der Waals surface area (Å²) in [5, 5.41) is 0. The molecule has 0 aromatic heterocycles. The third-order valence-corrected chi connectivity index (χ3v) is 5.98. The topological polar surface area (TPSA) is 84.0 Å². The van der Waals surface area contributed by atoms with Crippen molar-refractivity contribution in [2.45, 2.75) is 44.6 Å². The summed E-state index contributed by atoms with van der Waals surface area (Å²) in [6.45, 7) is 8.82. The minimum Gasteiger partial charge on any atom is -0.444 e. The summed E-state index contributed by atoms with van der Waals surface area (Å²) in [7, 11) is -3.49. The van der Waals surface area contributed by atoms with E-state index in [-0.39, 0.29) is 23.0 Å². The average Bonchev–Trinajstić information content (AvgIpc) is 2.59. The number of rotatable bonds is 4. The lowest BCUT2D eigenvalue weighted by molar-refractivity contribution is -0.132. The van der Waals surface area contributed by atoms with E-state index in [0.29, 0.717) is 26.2 Å². The highest BCUT2D eigenvalue weighted by Crippen LogP contribution is 2.15. The summed E-state index contributed by atoms with van der Waals surface area (Å²) in [5.41, 5.74) is 0.418. The number of hydrogen-bond donors (Lipinski definition) is 0. The highest BCUT2D eigenvalue weighted by Gasteiger charge is 2.28. The average molecular weight is 397 g/mol. The SMILES string of the molecule is Cc1ccc(S(=O)(=O)CCC(=O)N2CCN(C(=O)OC(C)(C)C)CC2)cc1. The molecule has 2 rings (SSSR count). The molecule has 0 aliphatic carbocycles. The Morgan fingerprint density at radius 1 is 1.00 bits per heavy atom. The molecule has 0 atom stereocenters. The molecule has 0 bridgehead atoms. The van der Waals surface area contributed by atoms with E-state index in [0.717, 1.165) is 5.56 Å². The normalized spacial score (nSPS) is 15.6. The molecule has 7 nitrogen and oxygen atoms in total. The fourth-order valence-corrected chi connectivity index (χ4v) is 3.94. The van der Waals surface area contributed by atoms with Crippen LogP contribution in [0.4, 0.5) is 4.79 Å². The van der Waals surface area contributed by atoms with Gasteiger partial charge in [0.25, 0.3) is 0 Å². The van der Waals surface area contributed by atoms with Crippen LogP contribution >= 0.6 is 0 Å². The van der Waals surface area contributed by atoms with Crippen LogP contribution in [0.25, 0.3) is 0 Å². The number of hydrogen-bond acceptors (Lipinski definition) is 5. The van der Waals surface area contributed by atoms with Gasteiger partial charge in [0, 0.05) is 32.6 Å². The van der Waals surface area contributed by atoms with Crippen molar-refractivity contribution in [3.05, 3.63) is 29.8 Å². The lowest BCUT2D eigenvalue weighted by atomic mass is 10.2. The predicted molar refractivity (Wildman–Crippen MR) is 102 cm³/mol. The van der Waals surface area contributed by atoms with Gasteiger partial charge < -0.3 is 14.5 Å². The number of sulfone groups is 1. The zero-order valence-corrected chi connectivity index (χ0v) is 17.2. The second-order valence-electron chi connectivity index (χ2n) is 7.73. The molecule has 0 radical (unpaired) electrons. The molecule has 1 saturated heterocycles. The van der Waals surface area contributed by atoms with Crippen molar-refractivity contribution in [1.29, 1.82) is 0 Å². The Labute approximate surface area is 161 Å². The molecule has 1 fully saturated rings. The highest BCUT2D eigenvalue weighted by molar-refractivity contribution is 7.91. The first-order valence-electron chi connectivity index (χ1n) is 9.03. The van der Waals surface area contributed by atoms with Crippen molar-refractivity contribution < 1.29 is 22.7 Å². The largest absolute Gasteiger partial charge is 0.444 e. The Kier molecular flexibility index (Phi) is 6.51. The molecule has 0 unspecified atom stereocenters. The molecule has 0 saturated carbocycles. The lowest BCUT2D eigenvalue weighted by Gasteiger charge is -2.35. The maximum Gasteiger partial charge on any atom is 0.410 e. The van der Waals surface area contributed by atoms with E-state index >= 15 is 0 Å². The summed E-state index contributed by atoms with van der Waals surface area (Å²) in [6, 6.07) is 6.61. The second-order valence-corrected chi connectivity index (χ2v) is 9.84. The van der Waals surface area contributed by atoms with Crippen LogP contribution in [0.5, 0.6) is 0 Å². The molecule has 1 aromatic carbocycles. The predicted octanol–water partition coefficient (Wildman–Crippen LogP) is 2.24. The zero-order valence-electron chi connectivity index (χ0n) is 16.4. The highest BCUT2D eigenvalue weighted by atomic mass is 32.2. The van der Waals surface area contributed by atoms with E-state index in [2.05, 4.69) is 0 Å². The van der Waals surface area contributed by atoms with Gasteiger partial charge in [-0.3, -0.25) is 4.79 Å². The molecule has 0 spiro atoms.